The van der Waals surface area contributed by atoms with E-state index in [-0.39, 0.29) is 11.6 Å². The zero-order chi connectivity index (χ0) is 10.6. The monoisotopic (exact) mass is 214 g/mol. The van der Waals surface area contributed by atoms with Crippen LogP contribution in [0.1, 0.15) is 25.3 Å². The predicted octanol–water partition coefficient (Wildman–Crippen LogP) is 3.39. The molecule has 0 heterocycles. The highest BCUT2D eigenvalue weighted by Gasteiger charge is 2.05. The molecule has 0 aliphatic rings. The standard InChI is InChI=1S/C11H12ClFO/c1-2-10(14)5-3-8-7-9(12)4-6-11(8)13/h4,6-7H,2-3,5H2,1H3. The van der Waals surface area contributed by atoms with E-state index in [1.807, 2.05) is 0 Å². The first kappa shape index (κ1) is 11.2. The van der Waals surface area contributed by atoms with Crippen LogP contribution in [0.5, 0.6) is 0 Å². The molecule has 0 spiro atoms. The third kappa shape index (κ3) is 3.11. The minimum absolute atomic E-state index is 0.143. The molecule has 0 aromatic heterocycles. The molecule has 0 unspecified atom stereocenters. The Kier molecular flexibility index (Phi) is 4.08. The largest absolute Gasteiger partial charge is 0.300 e. The fourth-order valence-corrected chi connectivity index (χ4v) is 1.38. The van der Waals surface area contributed by atoms with Crippen molar-refractivity contribution in [3.63, 3.8) is 0 Å². The van der Waals surface area contributed by atoms with Crippen LogP contribution in [0.3, 0.4) is 0 Å². The molecule has 0 atom stereocenters. The molecule has 0 N–H and O–H groups in total. The minimum Gasteiger partial charge on any atom is -0.300 e. The summed E-state index contributed by atoms with van der Waals surface area (Å²) in [4.78, 5) is 11.0. The summed E-state index contributed by atoms with van der Waals surface area (Å²) in [7, 11) is 0. The summed E-state index contributed by atoms with van der Waals surface area (Å²) in [6.07, 6.45) is 1.31. The number of benzene rings is 1. The fourth-order valence-electron chi connectivity index (χ4n) is 1.19. The minimum atomic E-state index is -0.293. The van der Waals surface area contributed by atoms with Gasteiger partial charge in [-0.3, -0.25) is 4.79 Å². The number of Topliss-reactive ketones (excluding diaryl/α,β-unsaturated/α-hetero) is 1. The second-order valence-corrected chi connectivity index (χ2v) is 3.56. The molecule has 0 fully saturated rings. The highest BCUT2D eigenvalue weighted by Crippen LogP contribution is 2.16. The summed E-state index contributed by atoms with van der Waals surface area (Å²) in [5, 5.41) is 0.505. The van der Waals surface area contributed by atoms with Gasteiger partial charge in [0.2, 0.25) is 0 Å². The summed E-state index contributed by atoms with van der Waals surface area (Å²) in [6.45, 7) is 1.80. The zero-order valence-electron chi connectivity index (χ0n) is 8.02. The van der Waals surface area contributed by atoms with Crippen LogP contribution in [0.15, 0.2) is 18.2 Å². The number of hydrogen-bond donors (Lipinski definition) is 0. The van der Waals surface area contributed by atoms with Crippen LogP contribution in [0.2, 0.25) is 5.02 Å². The van der Waals surface area contributed by atoms with Gasteiger partial charge in [0.15, 0.2) is 0 Å². The number of ketones is 1. The van der Waals surface area contributed by atoms with Gasteiger partial charge in [-0.2, -0.15) is 0 Å². The van der Waals surface area contributed by atoms with Gasteiger partial charge < -0.3 is 0 Å². The Morgan fingerprint density at radius 1 is 1.50 bits per heavy atom. The van der Waals surface area contributed by atoms with Crippen molar-refractivity contribution in [3.05, 3.63) is 34.6 Å². The highest BCUT2D eigenvalue weighted by molar-refractivity contribution is 6.30. The van der Waals surface area contributed by atoms with E-state index in [0.29, 0.717) is 29.8 Å². The van der Waals surface area contributed by atoms with Crippen molar-refractivity contribution in [2.45, 2.75) is 26.2 Å². The van der Waals surface area contributed by atoms with Crippen LogP contribution in [0.25, 0.3) is 0 Å². The second kappa shape index (κ2) is 5.11. The summed E-state index contributed by atoms with van der Waals surface area (Å²) in [5.74, 6) is -0.150. The van der Waals surface area contributed by atoms with E-state index in [1.54, 1.807) is 13.0 Å². The van der Waals surface area contributed by atoms with Gasteiger partial charge in [0.1, 0.15) is 11.6 Å². The van der Waals surface area contributed by atoms with E-state index in [9.17, 15) is 9.18 Å². The number of carbonyl (C=O) groups is 1. The number of carbonyl (C=O) groups excluding carboxylic acids is 1. The van der Waals surface area contributed by atoms with Crippen LogP contribution < -0.4 is 0 Å². The van der Waals surface area contributed by atoms with Gasteiger partial charge in [0, 0.05) is 17.9 Å². The Bertz CT molecular complexity index is 336. The van der Waals surface area contributed by atoms with E-state index < -0.39 is 0 Å². The Labute approximate surface area is 87.9 Å². The lowest BCUT2D eigenvalue weighted by molar-refractivity contribution is -0.118. The number of hydrogen-bond acceptors (Lipinski definition) is 1. The smallest absolute Gasteiger partial charge is 0.132 e. The molecular formula is C11H12ClFO. The highest BCUT2D eigenvalue weighted by atomic mass is 35.5. The topological polar surface area (TPSA) is 17.1 Å². The maximum Gasteiger partial charge on any atom is 0.132 e. The second-order valence-electron chi connectivity index (χ2n) is 3.13. The molecule has 1 aromatic carbocycles. The lowest BCUT2D eigenvalue weighted by Gasteiger charge is -2.02. The lowest BCUT2D eigenvalue weighted by atomic mass is 10.1. The number of halogens is 2. The molecule has 0 saturated carbocycles. The van der Waals surface area contributed by atoms with E-state index in [4.69, 9.17) is 11.6 Å². The van der Waals surface area contributed by atoms with Crippen LogP contribution in [0.4, 0.5) is 4.39 Å². The van der Waals surface area contributed by atoms with Crippen molar-refractivity contribution in [2.75, 3.05) is 0 Å². The number of aryl methyl sites for hydroxylation is 1. The Hall–Kier alpha value is -0.890. The van der Waals surface area contributed by atoms with Gasteiger partial charge in [-0.05, 0) is 30.2 Å². The molecule has 14 heavy (non-hydrogen) atoms. The molecule has 0 saturated heterocycles. The van der Waals surface area contributed by atoms with Crippen LogP contribution >= 0.6 is 11.6 Å². The molecule has 0 amide bonds. The molecule has 1 rings (SSSR count). The van der Waals surface area contributed by atoms with E-state index in [1.165, 1.54) is 12.1 Å². The van der Waals surface area contributed by atoms with Crippen molar-refractivity contribution in [1.82, 2.24) is 0 Å². The summed E-state index contributed by atoms with van der Waals surface area (Å²) in [5.41, 5.74) is 0.513. The van der Waals surface area contributed by atoms with E-state index in [0.717, 1.165) is 0 Å². The van der Waals surface area contributed by atoms with Crippen molar-refractivity contribution >= 4 is 17.4 Å². The first-order chi connectivity index (χ1) is 6.63. The van der Waals surface area contributed by atoms with Crippen LogP contribution in [-0.4, -0.2) is 5.78 Å². The molecule has 0 bridgehead atoms. The molecular weight excluding hydrogens is 203 g/mol. The molecule has 3 heteroatoms. The first-order valence-corrected chi connectivity index (χ1v) is 4.97. The average Bonchev–Trinajstić information content (AvgIpc) is 2.19. The van der Waals surface area contributed by atoms with Gasteiger partial charge in [-0.15, -0.1) is 0 Å². The molecule has 1 nitrogen and oxygen atoms in total. The molecule has 0 aliphatic carbocycles. The first-order valence-electron chi connectivity index (χ1n) is 4.59. The van der Waals surface area contributed by atoms with Gasteiger partial charge in [0.05, 0.1) is 0 Å². The van der Waals surface area contributed by atoms with E-state index >= 15 is 0 Å². The predicted molar refractivity (Wildman–Crippen MR) is 55.0 cm³/mol. The maximum atomic E-state index is 13.2. The maximum absolute atomic E-state index is 13.2. The number of rotatable bonds is 4. The molecule has 0 radical (unpaired) electrons. The van der Waals surface area contributed by atoms with Gasteiger partial charge >= 0.3 is 0 Å². The average molecular weight is 215 g/mol. The lowest BCUT2D eigenvalue weighted by Crippen LogP contribution is -1.99. The quantitative estimate of drug-likeness (QED) is 0.751. The summed E-state index contributed by atoms with van der Waals surface area (Å²) in [6, 6.07) is 4.40. The molecule has 76 valence electrons. The van der Waals surface area contributed by atoms with E-state index in [2.05, 4.69) is 0 Å². The van der Waals surface area contributed by atoms with Gasteiger partial charge in [-0.1, -0.05) is 18.5 Å². The third-order valence-electron chi connectivity index (χ3n) is 2.08. The SMILES string of the molecule is CCC(=O)CCc1cc(Cl)ccc1F. The van der Waals surface area contributed by atoms with Crippen molar-refractivity contribution in [3.8, 4) is 0 Å². The zero-order valence-corrected chi connectivity index (χ0v) is 8.77. The third-order valence-corrected chi connectivity index (χ3v) is 2.31. The Morgan fingerprint density at radius 2 is 2.21 bits per heavy atom. The molecule has 0 aliphatic heterocycles. The van der Waals surface area contributed by atoms with Crippen molar-refractivity contribution in [2.24, 2.45) is 0 Å². The van der Waals surface area contributed by atoms with Crippen molar-refractivity contribution in [1.29, 1.82) is 0 Å². The van der Waals surface area contributed by atoms with Crippen molar-refractivity contribution < 1.29 is 9.18 Å². The normalized spacial score (nSPS) is 10.2. The summed E-state index contributed by atoms with van der Waals surface area (Å²) < 4.78 is 13.2. The van der Waals surface area contributed by atoms with Crippen LogP contribution in [0, 0.1) is 5.82 Å². The Morgan fingerprint density at radius 3 is 2.86 bits per heavy atom. The van der Waals surface area contributed by atoms with Gasteiger partial charge in [0.25, 0.3) is 0 Å². The van der Waals surface area contributed by atoms with Gasteiger partial charge in [-0.25, -0.2) is 4.39 Å². The van der Waals surface area contributed by atoms with Crippen LogP contribution in [-0.2, 0) is 11.2 Å². The fraction of sp³-hybridized carbons (Fsp3) is 0.364. The Balaban J connectivity index is 2.66. The summed E-state index contributed by atoms with van der Waals surface area (Å²) >= 11 is 5.71. The molecule has 1 aromatic rings.